The molecule has 2 unspecified atom stereocenters. The van der Waals surface area contributed by atoms with Crippen LogP contribution in [0.4, 0.5) is 4.39 Å². The Hall–Kier alpha value is -0.640. The van der Waals surface area contributed by atoms with Gasteiger partial charge in [-0.25, -0.2) is 4.39 Å². The van der Waals surface area contributed by atoms with Crippen molar-refractivity contribution in [3.63, 3.8) is 0 Å². The van der Waals surface area contributed by atoms with E-state index in [1.54, 1.807) is 6.07 Å². The van der Waals surface area contributed by atoms with Gasteiger partial charge < -0.3 is 10.4 Å². The Labute approximate surface area is 106 Å². The molecule has 1 aliphatic carbocycles. The maximum absolute atomic E-state index is 13.1. The summed E-state index contributed by atoms with van der Waals surface area (Å²) in [6.07, 6.45) is 0.492. The van der Waals surface area contributed by atoms with Gasteiger partial charge in [-0.05, 0) is 30.2 Å². The number of halogens is 2. The topological polar surface area (TPSA) is 32.3 Å². The number of aliphatic hydroxyl groups excluding tert-OH is 1. The minimum atomic E-state index is -0.317. The Bertz CT molecular complexity index is 402. The van der Waals surface area contributed by atoms with Crippen LogP contribution in [0.5, 0.6) is 0 Å². The Morgan fingerprint density at radius 1 is 1.47 bits per heavy atom. The van der Waals surface area contributed by atoms with Gasteiger partial charge >= 0.3 is 0 Å². The van der Waals surface area contributed by atoms with Crippen LogP contribution >= 0.6 is 11.6 Å². The van der Waals surface area contributed by atoms with Crippen molar-refractivity contribution >= 4 is 11.6 Å². The van der Waals surface area contributed by atoms with Crippen molar-refractivity contribution in [1.82, 2.24) is 5.32 Å². The van der Waals surface area contributed by atoms with Crippen LogP contribution in [0.3, 0.4) is 0 Å². The van der Waals surface area contributed by atoms with Gasteiger partial charge in [0.05, 0.1) is 6.10 Å². The highest BCUT2D eigenvalue weighted by atomic mass is 35.5. The molecule has 2 rings (SSSR count). The van der Waals surface area contributed by atoms with Gasteiger partial charge in [0.25, 0.3) is 0 Å². The largest absolute Gasteiger partial charge is 0.392 e. The summed E-state index contributed by atoms with van der Waals surface area (Å²) in [6.45, 7) is 4.62. The molecule has 1 aliphatic rings. The molecule has 0 aromatic heterocycles. The lowest BCUT2D eigenvalue weighted by Gasteiger charge is -2.49. The van der Waals surface area contributed by atoms with Crippen molar-refractivity contribution in [2.24, 2.45) is 5.41 Å². The summed E-state index contributed by atoms with van der Waals surface area (Å²) < 4.78 is 13.1. The third-order valence-electron chi connectivity index (χ3n) is 3.69. The molecule has 1 aromatic carbocycles. The molecule has 0 aliphatic heterocycles. The molecule has 0 bridgehead atoms. The van der Waals surface area contributed by atoms with E-state index in [-0.39, 0.29) is 23.4 Å². The molecule has 0 heterocycles. The quantitative estimate of drug-likeness (QED) is 0.873. The molecule has 17 heavy (non-hydrogen) atoms. The average Bonchev–Trinajstić information content (AvgIpc) is 2.22. The van der Waals surface area contributed by atoms with E-state index in [1.807, 2.05) is 13.8 Å². The summed E-state index contributed by atoms with van der Waals surface area (Å²) in [5.41, 5.74) is 0.712. The molecule has 1 aromatic rings. The van der Waals surface area contributed by atoms with E-state index in [2.05, 4.69) is 5.32 Å². The second-order valence-electron chi connectivity index (χ2n) is 5.28. The zero-order valence-electron chi connectivity index (χ0n) is 10.0. The fourth-order valence-electron chi connectivity index (χ4n) is 2.20. The number of hydrogen-bond donors (Lipinski definition) is 2. The predicted molar refractivity (Wildman–Crippen MR) is 66.4 cm³/mol. The summed E-state index contributed by atoms with van der Waals surface area (Å²) in [6, 6.07) is 4.78. The van der Waals surface area contributed by atoms with Gasteiger partial charge in [0, 0.05) is 23.0 Å². The first-order chi connectivity index (χ1) is 7.89. The minimum Gasteiger partial charge on any atom is -0.392 e. The fraction of sp³-hybridized carbons (Fsp3) is 0.538. The zero-order valence-corrected chi connectivity index (χ0v) is 10.8. The van der Waals surface area contributed by atoms with Crippen molar-refractivity contribution in [2.75, 3.05) is 0 Å². The first-order valence-corrected chi connectivity index (χ1v) is 6.14. The molecule has 2 atom stereocenters. The standard InChI is InChI=1S/C13H17ClFNO/c1-13(2)11(6-12(13)17)16-7-8-3-9(14)5-10(15)4-8/h3-5,11-12,16-17H,6-7H2,1-2H3. The molecule has 0 amide bonds. The Kier molecular flexibility index (Phi) is 3.43. The van der Waals surface area contributed by atoms with Crippen molar-refractivity contribution in [3.05, 3.63) is 34.6 Å². The van der Waals surface area contributed by atoms with Crippen LogP contribution in [-0.4, -0.2) is 17.3 Å². The number of rotatable bonds is 3. The second kappa shape index (κ2) is 4.56. The van der Waals surface area contributed by atoms with Crippen LogP contribution in [0.15, 0.2) is 18.2 Å². The first-order valence-electron chi connectivity index (χ1n) is 5.76. The maximum atomic E-state index is 13.1. The Morgan fingerprint density at radius 2 is 2.18 bits per heavy atom. The summed E-state index contributed by atoms with van der Waals surface area (Å²) >= 11 is 5.78. The molecule has 1 fully saturated rings. The third-order valence-corrected chi connectivity index (χ3v) is 3.91. The Morgan fingerprint density at radius 3 is 2.71 bits per heavy atom. The van der Waals surface area contributed by atoms with Gasteiger partial charge in [0.15, 0.2) is 0 Å². The van der Waals surface area contributed by atoms with Gasteiger partial charge in [0.1, 0.15) is 5.82 Å². The molecule has 2 nitrogen and oxygen atoms in total. The van der Waals surface area contributed by atoms with E-state index in [1.165, 1.54) is 12.1 Å². The highest BCUT2D eigenvalue weighted by molar-refractivity contribution is 6.30. The van der Waals surface area contributed by atoms with Crippen LogP contribution in [0.2, 0.25) is 5.02 Å². The van der Waals surface area contributed by atoms with Gasteiger partial charge in [-0.15, -0.1) is 0 Å². The van der Waals surface area contributed by atoms with E-state index in [0.717, 1.165) is 12.0 Å². The molecule has 2 N–H and O–H groups in total. The molecule has 0 saturated heterocycles. The highest BCUT2D eigenvalue weighted by Gasteiger charge is 2.46. The van der Waals surface area contributed by atoms with Crippen LogP contribution in [-0.2, 0) is 6.54 Å². The van der Waals surface area contributed by atoms with Crippen LogP contribution < -0.4 is 5.32 Å². The van der Waals surface area contributed by atoms with Crippen molar-refractivity contribution in [1.29, 1.82) is 0 Å². The molecule has 4 heteroatoms. The van der Waals surface area contributed by atoms with E-state index >= 15 is 0 Å². The van der Waals surface area contributed by atoms with Gasteiger partial charge in [-0.3, -0.25) is 0 Å². The molecule has 0 spiro atoms. The summed E-state index contributed by atoms with van der Waals surface area (Å²) in [4.78, 5) is 0. The predicted octanol–water partition coefficient (Wildman–Crippen LogP) is 2.73. The molecular weight excluding hydrogens is 241 g/mol. The first kappa shape index (κ1) is 12.8. The SMILES string of the molecule is CC1(C)C(O)CC1NCc1cc(F)cc(Cl)c1. The average molecular weight is 258 g/mol. The van der Waals surface area contributed by atoms with Crippen molar-refractivity contribution in [3.8, 4) is 0 Å². The molecular formula is C13H17ClFNO. The molecule has 0 radical (unpaired) electrons. The second-order valence-corrected chi connectivity index (χ2v) is 5.72. The summed E-state index contributed by atoms with van der Waals surface area (Å²) in [7, 11) is 0. The van der Waals surface area contributed by atoms with Crippen molar-refractivity contribution in [2.45, 2.75) is 39.0 Å². The third kappa shape index (κ3) is 2.62. The Balaban J connectivity index is 1.95. The lowest BCUT2D eigenvalue weighted by Crippen LogP contribution is -2.59. The number of benzene rings is 1. The summed E-state index contributed by atoms with van der Waals surface area (Å²) in [5, 5.41) is 13.3. The van der Waals surface area contributed by atoms with E-state index in [0.29, 0.717) is 11.6 Å². The highest BCUT2D eigenvalue weighted by Crippen LogP contribution is 2.40. The normalized spacial score (nSPS) is 26.6. The maximum Gasteiger partial charge on any atom is 0.125 e. The monoisotopic (exact) mass is 257 g/mol. The summed E-state index contributed by atoms with van der Waals surface area (Å²) in [5.74, 6) is -0.317. The molecule has 1 saturated carbocycles. The van der Waals surface area contributed by atoms with Crippen LogP contribution in [0.1, 0.15) is 25.8 Å². The van der Waals surface area contributed by atoms with Gasteiger partial charge in [-0.2, -0.15) is 0 Å². The lowest BCUT2D eigenvalue weighted by atomic mass is 9.64. The van der Waals surface area contributed by atoms with E-state index in [9.17, 15) is 9.50 Å². The van der Waals surface area contributed by atoms with Crippen LogP contribution in [0, 0.1) is 11.2 Å². The smallest absolute Gasteiger partial charge is 0.125 e. The van der Waals surface area contributed by atoms with E-state index < -0.39 is 0 Å². The number of nitrogens with one attached hydrogen (secondary N) is 1. The van der Waals surface area contributed by atoms with Gasteiger partial charge in [0.2, 0.25) is 0 Å². The zero-order chi connectivity index (χ0) is 12.6. The van der Waals surface area contributed by atoms with Crippen LogP contribution in [0.25, 0.3) is 0 Å². The number of hydrogen-bond acceptors (Lipinski definition) is 2. The number of aliphatic hydroxyl groups is 1. The molecule has 94 valence electrons. The van der Waals surface area contributed by atoms with Gasteiger partial charge in [-0.1, -0.05) is 25.4 Å². The van der Waals surface area contributed by atoms with E-state index in [4.69, 9.17) is 11.6 Å². The fourth-order valence-corrected chi connectivity index (χ4v) is 2.45. The minimum absolute atomic E-state index is 0.114. The lowest BCUT2D eigenvalue weighted by molar-refractivity contribution is -0.0729. The van der Waals surface area contributed by atoms with Crippen molar-refractivity contribution < 1.29 is 9.50 Å².